The van der Waals surface area contributed by atoms with Gasteiger partial charge in [-0.2, -0.15) is 0 Å². The van der Waals surface area contributed by atoms with Gasteiger partial charge in [-0.3, -0.25) is 9.79 Å². The number of guanidine groups is 1. The van der Waals surface area contributed by atoms with Crippen molar-refractivity contribution in [1.29, 1.82) is 0 Å². The molecule has 1 fully saturated rings. The molecule has 5 nitrogen and oxygen atoms in total. The Labute approximate surface area is 162 Å². The second-order valence-corrected chi connectivity index (χ2v) is 7.79. The molecule has 0 atom stereocenters. The van der Waals surface area contributed by atoms with Gasteiger partial charge in [-0.25, -0.2) is 0 Å². The fraction of sp³-hybridized carbons (Fsp3) is 0.600. The second kappa shape index (κ2) is 9.81. The molecule has 0 unspecified atom stereocenters. The lowest BCUT2D eigenvalue weighted by Crippen LogP contribution is -2.40. The van der Waals surface area contributed by atoms with Gasteiger partial charge >= 0.3 is 0 Å². The monoisotopic (exact) mass is 378 g/mol. The summed E-state index contributed by atoms with van der Waals surface area (Å²) >= 11 is 5.99. The minimum absolute atomic E-state index is 0.0745. The van der Waals surface area contributed by atoms with Crippen molar-refractivity contribution in [2.24, 2.45) is 4.99 Å². The number of likely N-dealkylation sites (tertiary alicyclic amines) is 1. The number of aliphatic imine (C=N–C) groups is 1. The van der Waals surface area contributed by atoms with Crippen molar-refractivity contribution in [3.8, 4) is 0 Å². The summed E-state index contributed by atoms with van der Waals surface area (Å²) in [5, 5.41) is 7.41. The average Bonchev–Trinajstić information content (AvgIpc) is 3.02. The van der Waals surface area contributed by atoms with Crippen molar-refractivity contribution in [2.75, 3.05) is 32.7 Å². The van der Waals surface area contributed by atoms with E-state index in [4.69, 9.17) is 16.6 Å². The van der Waals surface area contributed by atoms with Crippen LogP contribution in [0.15, 0.2) is 29.3 Å². The molecule has 144 valence electrons. The molecule has 6 heteroatoms. The Morgan fingerprint density at radius 3 is 2.62 bits per heavy atom. The molecule has 1 aliphatic heterocycles. The molecule has 0 spiro atoms. The average molecular weight is 379 g/mol. The van der Waals surface area contributed by atoms with Crippen LogP contribution in [0.3, 0.4) is 0 Å². The Kier molecular flexibility index (Phi) is 7.76. The first kappa shape index (κ1) is 20.6. The quantitative estimate of drug-likeness (QED) is 0.415. The topological polar surface area (TPSA) is 56.7 Å². The summed E-state index contributed by atoms with van der Waals surface area (Å²) in [5.74, 6) is 1.11. The van der Waals surface area contributed by atoms with E-state index in [0.717, 1.165) is 50.0 Å². The fourth-order valence-corrected chi connectivity index (χ4v) is 3.15. The van der Waals surface area contributed by atoms with Gasteiger partial charge in [-0.05, 0) is 37.5 Å². The molecule has 0 radical (unpaired) electrons. The predicted molar refractivity (Wildman–Crippen MR) is 109 cm³/mol. The molecular weight excluding hydrogens is 348 g/mol. The number of hydrogen-bond donors (Lipinski definition) is 2. The number of halogens is 1. The highest BCUT2D eigenvalue weighted by atomic mass is 35.5. The van der Waals surface area contributed by atoms with Crippen molar-refractivity contribution < 1.29 is 4.79 Å². The predicted octanol–water partition coefficient (Wildman–Crippen LogP) is 3.19. The fourth-order valence-electron chi connectivity index (χ4n) is 3.03. The number of nitrogens with zero attached hydrogens (tertiary/aromatic N) is 2. The van der Waals surface area contributed by atoms with Crippen LogP contribution in [-0.2, 0) is 10.2 Å². The molecule has 0 aliphatic carbocycles. The van der Waals surface area contributed by atoms with E-state index >= 15 is 0 Å². The Morgan fingerprint density at radius 2 is 2.00 bits per heavy atom. The van der Waals surface area contributed by atoms with Gasteiger partial charge in [0.2, 0.25) is 5.91 Å². The molecule has 0 bridgehead atoms. The smallest absolute Gasteiger partial charge is 0.222 e. The number of amides is 1. The van der Waals surface area contributed by atoms with Gasteiger partial charge in [-0.15, -0.1) is 0 Å². The van der Waals surface area contributed by atoms with Gasteiger partial charge in [0.15, 0.2) is 5.96 Å². The summed E-state index contributed by atoms with van der Waals surface area (Å²) in [5.41, 5.74) is 1.14. The van der Waals surface area contributed by atoms with E-state index < -0.39 is 0 Å². The first-order chi connectivity index (χ1) is 12.4. The SMILES string of the molecule is CCNC(=NCC(C)(C)c1ccc(Cl)cc1)NCCCN1CCCC1=O. The summed E-state index contributed by atoms with van der Waals surface area (Å²) in [6.07, 6.45) is 2.63. The number of hydrogen-bond acceptors (Lipinski definition) is 2. The van der Waals surface area contributed by atoms with E-state index in [1.165, 1.54) is 5.56 Å². The zero-order valence-electron chi connectivity index (χ0n) is 16.1. The third kappa shape index (κ3) is 6.20. The van der Waals surface area contributed by atoms with Crippen molar-refractivity contribution in [3.63, 3.8) is 0 Å². The van der Waals surface area contributed by atoms with Crippen LogP contribution in [0.4, 0.5) is 0 Å². The summed E-state index contributed by atoms with van der Waals surface area (Å²) < 4.78 is 0. The maximum absolute atomic E-state index is 11.6. The number of carbonyl (C=O) groups excluding carboxylic acids is 1. The number of nitrogens with one attached hydrogen (secondary N) is 2. The van der Waals surface area contributed by atoms with Crippen LogP contribution in [0.25, 0.3) is 0 Å². The summed E-state index contributed by atoms with van der Waals surface area (Å²) in [4.78, 5) is 18.3. The molecule has 0 aromatic heterocycles. The normalized spacial score (nSPS) is 15.5. The summed E-state index contributed by atoms with van der Waals surface area (Å²) in [7, 11) is 0. The molecule has 1 aliphatic rings. The molecular formula is C20H31ClN4O. The molecule has 1 heterocycles. The van der Waals surface area contributed by atoms with Crippen molar-refractivity contribution in [2.45, 2.75) is 45.4 Å². The lowest BCUT2D eigenvalue weighted by molar-refractivity contribution is -0.127. The van der Waals surface area contributed by atoms with Crippen LogP contribution < -0.4 is 10.6 Å². The van der Waals surface area contributed by atoms with Crippen molar-refractivity contribution in [3.05, 3.63) is 34.9 Å². The Balaban J connectivity index is 1.84. The van der Waals surface area contributed by atoms with Gasteiger partial charge in [0.05, 0.1) is 6.54 Å². The van der Waals surface area contributed by atoms with Gasteiger partial charge in [-0.1, -0.05) is 37.6 Å². The minimum Gasteiger partial charge on any atom is -0.357 e. The minimum atomic E-state index is -0.0745. The zero-order valence-corrected chi connectivity index (χ0v) is 16.9. The van der Waals surface area contributed by atoms with E-state index in [2.05, 4.69) is 43.5 Å². The van der Waals surface area contributed by atoms with Crippen molar-refractivity contribution in [1.82, 2.24) is 15.5 Å². The summed E-state index contributed by atoms with van der Waals surface area (Å²) in [6.45, 7) is 10.4. The molecule has 1 saturated heterocycles. The van der Waals surface area contributed by atoms with E-state index in [1.807, 2.05) is 17.0 Å². The number of benzene rings is 1. The lowest BCUT2D eigenvalue weighted by Gasteiger charge is -2.24. The molecule has 1 amide bonds. The Bertz CT molecular complexity index is 613. The highest BCUT2D eigenvalue weighted by Crippen LogP contribution is 2.24. The molecule has 2 rings (SSSR count). The number of rotatable bonds is 8. The van der Waals surface area contributed by atoms with Gasteiger partial charge < -0.3 is 15.5 Å². The molecule has 26 heavy (non-hydrogen) atoms. The third-order valence-corrected chi connectivity index (χ3v) is 4.92. The standard InChI is InChI=1S/C20H31ClN4O/c1-4-22-19(23-12-6-14-25-13-5-7-18(25)26)24-15-20(2,3)16-8-10-17(21)11-9-16/h8-11H,4-7,12-15H2,1-3H3,(H2,22,23,24). The maximum Gasteiger partial charge on any atom is 0.222 e. The van der Waals surface area contributed by atoms with Crippen LogP contribution >= 0.6 is 11.6 Å². The third-order valence-electron chi connectivity index (χ3n) is 4.67. The second-order valence-electron chi connectivity index (χ2n) is 7.35. The van der Waals surface area contributed by atoms with E-state index in [9.17, 15) is 4.79 Å². The molecule has 1 aromatic carbocycles. The Morgan fingerprint density at radius 1 is 1.27 bits per heavy atom. The first-order valence-electron chi connectivity index (χ1n) is 9.48. The zero-order chi connectivity index (χ0) is 19.0. The summed E-state index contributed by atoms with van der Waals surface area (Å²) in [6, 6.07) is 7.97. The van der Waals surface area contributed by atoms with E-state index in [0.29, 0.717) is 13.0 Å². The van der Waals surface area contributed by atoms with Crippen LogP contribution in [0.5, 0.6) is 0 Å². The van der Waals surface area contributed by atoms with Crippen LogP contribution in [0, 0.1) is 0 Å². The lowest BCUT2D eigenvalue weighted by atomic mass is 9.85. The maximum atomic E-state index is 11.6. The molecule has 0 saturated carbocycles. The van der Waals surface area contributed by atoms with Crippen molar-refractivity contribution >= 4 is 23.5 Å². The van der Waals surface area contributed by atoms with Crippen LogP contribution in [0.2, 0.25) is 5.02 Å². The van der Waals surface area contributed by atoms with Crippen LogP contribution in [0.1, 0.15) is 45.6 Å². The van der Waals surface area contributed by atoms with E-state index in [1.54, 1.807) is 0 Å². The number of carbonyl (C=O) groups is 1. The van der Waals surface area contributed by atoms with Gasteiger partial charge in [0, 0.05) is 43.0 Å². The van der Waals surface area contributed by atoms with Gasteiger partial charge in [0.1, 0.15) is 0 Å². The highest BCUT2D eigenvalue weighted by molar-refractivity contribution is 6.30. The molecule has 2 N–H and O–H groups in total. The molecule has 1 aromatic rings. The Hall–Kier alpha value is -1.75. The van der Waals surface area contributed by atoms with E-state index in [-0.39, 0.29) is 11.3 Å². The van der Waals surface area contributed by atoms with Gasteiger partial charge in [0.25, 0.3) is 0 Å². The first-order valence-corrected chi connectivity index (χ1v) is 9.86. The highest BCUT2D eigenvalue weighted by Gasteiger charge is 2.21. The van der Waals surface area contributed by atoms with Crippen LogP contribution in [-0.4, -0.2) is 49.5 Å². The largest absolute Gasteiger partial charge is 0.357 e.